The Morgan fingerprint density at radius 1 is 1.67 bits per heavy atom. The first kappa shape index (κ1) is 6.95. The molecule has 0 bridgehead atoms. The number of hydrogen-bond acceptors (Lipinski definition) is 1. The van der Waals surface area contributed by atoms with Crippen LogP contribution in [0.25, 0.3) is 0 Å². The second kappa shape index (κ2) is 3.79. The van der Waals surface area contributed by atoms with E-state index in [9.17, 15) is 0 Å². The minimum atomic E-state index is 0.857. The molecule has 0 fully saturated rings. The summed E-state index contributed by atoms with van der Waals surface area (Å²) < 4.78 is 7.13. The van der Waals surface area contributed by atoms with Gasteiger partial charge >= 0.3 is 65.5 Å². The second-order valence-corrected chi connectivity index (χ2v) is 2.79. The van der Waals surface area contributed by atoms with Crippen molar-refractivity contribution in [2.45, 2.75) is 6.42 Å². The molecule has 0 aliphatic carbocycles. The van der Waals surface area contributed by atoms with Gasteiger partial charge in [-0.1, -0.05) is 0 Å². The molecule has 48 valence electrons. The molecule has 1 heterocycles. The van der Waals surface area contributed by atoms with Crippen molar-refractivity contribution in [2.75, 3.05) is 6.61 Å². The van der Waals surface area contributed by atoms with Crippen molar-refractivity contribution < 1.29 is 24.1 Å². The zero-order valence-electron chi connectivity index (χ0n) is 5.04. The molecule has 0 N–H and O–H groups in total. The Balaban J connectivity index is 2.42. The van der Waals surface area contributed by atoms with Crippen LogP contribution in [-0.4, -0.2) is 11.0 Å². The van der Waals surface area contributed by atoms with Gasteiger partial charge in [-0.3, -0.25) is 0 Å². The third-order valence-electron chi connectivity index (χ3n) is 1.13. The molecule has 0 aromatic rings. The van der Waals surface area contributed by atoms with Gasteiger partial charge in [0.2, 0.25) is 0 Å². The van der Waals surface area contributed by atoms with Crippen LogP contribution < -0.4 is 0 Å². The monoisotopic (exact) mass is 292 g/mol. The van der Waals surface area contributed by atoms with Gasteiger partial charge in [0, 0.05) is 0 Å². The van der Waals surface area contributed by atoms with Crippen molar-refractivity contribution in [3.8, 4) is 0 Å². The van der Waals surface area contributed by atoms with Crippen molar-refractivity contribution >= 4 is 4.40 Å². The summed E-state index contributed by atoms with van der Waals surface area (Å²) in [6.07, 6.45) is 7.06. The number of ether oxygens (including phenoxy) is 1. The second-order valence-electron chi connectivity index (χ2n) is 1.81. The van der Waals surface area contributed by atoms with E-state index in [2.05, 4.69) is 16.6 Å². The molecule has 0 aromatic carbocycles. The van der Waals surface area contributed by atoms with Gasteiger partial charge in [0.25, 0.3) is 0 Å². The van der Waals surface area contributed by atoms with E-state index in [1.807, 2.05) is 6.26 Å². The molecule has 1 aliphatic heterocycles. The Hall–Kier alpha value is -0.162. The Bertz CT molecular complexity index is 158. The first-order chi connectivity index (χ1) is 4.43. The van der Waals surface area contributed by atoms with Crippen LogP contribution >= 0.6 is 0 Å². The van der Waals surface area contributed by atoms with E-state index >= 15 is 0 Å². The molecule has 0 saturated carbocycles. The first-order valence-electron chi connectivity index (χ1n) is 2.86. The molecule has 0 radical (unpaired) electrons. The third kappa shape index (κ3) is 2.27. The van der Waals surface area contributed by atoms with E-state index in [1.54, 1.807) is 0 Å². The molecule has 0 atom stereocenters. The van der Waals surface area contributed by atoms with E-state index < -0.39 is 0 Å². The van der Waals surface area contributed by atoms with Gasteiger partial charge in [0.1, 0.15) is 0 Å². The van der Waals surface area contributed by atoms with Gasteiger partial charge in [0.15, 0.2) is 0 Å². The van der Waals surface area contributed by atoms with Gasteiger partial charge < -0.3 is 0 Å². The van der Waals surface area contributed by atoms with E-state index in [1.165, 1.54) is 24.9 Å². The summed E-state index contributed by atoms with van der Waals surface area (Å²) in [7, 11) is 0. The number of hydrogen-bond donors (Lipinski definition) is 0. The molecule has 1 aliphatic rings. The molecule has 0 amide bonds. The topological polar surface area (TPSA) is 9.23 Å². The minimum absolute atomic E-state index is 0.857. The fraction of sp³-hybridized carbons (Fsp3) is 0.286. The summed E-state index contributed by atoms with van der Waals surface area (Å²) in [5.41, 5.74) is 1.30. The maximum atomic E-state index is 5.03. The number of allylic oxidation sites excluding steroid dienone is 2. The van der Waals surface area contributed by atoms with E-state index in [0.717, 1.165) is 13.0 Å². The van der Waals surface area contributed by atoms with E-state index in [-0.39, 0.29) is 0 Å². The van der Waals surface area contributed by atoms with Crippen molar-refractivity contribution in [3.63, 3.8) is 0 Å². The zero-order valence-corrected chi connectivity index (χ0v) is 7.97. The third-order valence-corrected chi connectivity index (χ3v) is 1.70. The Kier molecular flexibility index (Phi) is 2.92. The summed E-state index contributed by atoms with van der Waals surface area (Å²) in [5.74, 6) is 0. The predicted octanol–water partition coefficient (Wildman–Crippen LogP) is 1.20. The summed E-state index contributed by atoms with van der Waals surface area (Å²) >= 11 is 1.49. The van der Waals surface area contributed by atoms with Gasteiger partial charge in [-0.05, 0) is 0 Å². The molecule has 0 spiro atoms. The molecule has 0 unspecified atom stereocenters. The van der Waals surface area contributed by atoms with Crippen molar-refractivity contribution in [3.05, 3.63) is 24.0 Å². The predicted molar refractivity (Wildman–Crippen MR) is 33.9 cm³/mol. The van der Waals surface area contributed by atoms with E-state index in [4.69, 9.17) is 4.74 Å². The zero-order chi connectivity index (χ0) is 6.53. The van der Waals surface area contributed by atoms with Crippen LogP contribution in [0.3, 0.4) is 0 Å². The quantitative estimate of drug-likeness (QED) is 0.743. The summed E-state index contributed by atoms with van der Waals surface area (Å²) in [6, 6.07) is 0. The van der Waals surface area contributed by atoms with Gasteiger partial charge in [-0.2, -0.15) is 0 Å². The van der Waals surface area contributed by atoms with Crippen LogP contribution in [0.4, 0.5) is 0 Å². The first-order valence-corrected chi connectivity index (χ1v) is 4.55. The molecule has 0 aromatic heterocycles. The fourth-order valence-corrected chi connectivity index (χ4v) is 0.969. The molecular weight excluding hydrogens is 284 g/mol. The molecular formula is C7H8OW. The van der Waals surface area contributed by atoms with E-state index in [0.29, 0.717) is 0 Å². The molecule has 0 saturated heterocycles. The van der Waals surface area contributed by atoms with Crippen molar-refractivity contribution in [2.24, 2.45) is 0 Å². The van der Waals surface area contributed by atoms with Crippen molar-refractivity contribution in [1.82, 2.24) is 0 Å². The molecule has 1 rings (SSSR count). The molecule has 9 heavy (non-hydrogen) atoms. The summed E-state index contributed by atoms with van der Waals surface area (Å²) in [5, 5.41) is 0. The standard InChI is InChI=1S/C7H8O.W/c1-2-3-7-4-5-8-6-7;/h1-3,6H,4-5H2;/b3-2-;. The van der Waals surface area contributed by atoms with Gasteiger partial charge in [0.05, 0.1) is 0 Å². The average Bonchev–Trinajstić information content (AvgIpc) is 2.34. The van der Waals surface area contributed by atoms with Crippen LogP contribution in [-0.2, 0) is 24.1 Å². The van der Waals surface area contributed by atoms with Crippen LogP contribution in [0, 0.1) is 0 Å². The summed E-state index contributed by atoms with van der Waals surface area (Å²) in [6.45, 7) is 0.857. The Labute approximate surface area is 65.8 Å². The van der Waals surface area contributed by atoms with Crippen LogP contribution in [0.5, 0.6) is 0 Å². The summed E-state index contributed by atoms with van der Waals surface area (Å²) in [4.78, 5) is 0. The number of rotatable bonds is 2. The Morgan fingerprint density at radius 2 is 2.56 bits per heavy atom. The van der Waals surface area contributed by atoms with Crippen LogP contribution in [0.1, 0.15) is 6.42 Å². The van der Waals surface area contributed by atoms with Crippen LogP contribution in [0.2, 0.25) is 0 Å². The van der Waals surface area contributed by atoms with Crippen molar-refractivity contribution in [1.29, 1.82) is 0 Å². The van der Waals surface area contributed by atoms with Gasteiger partial charge in [-0.15, -0.1) is 0 Å². The van der Waals surface area contributed by atoms with Gasteiger partial charge in [-0.25, -0.2) is 0 Å². The SMILES string of the molecule is [W]=[CH]/C=C\C1=COCC1. The fourth-order valence-electron chi connectivity index (χ4n) is 0.687. The molecule has 1 nitrogen and oxygen atoms in total. The normalized spacial score (nSPS) is 17.6. The van der Waals surface area contributed by atoms with Crippen LogP contribution in [0.15, 0.2) is 24.0 Å². The Morgan fingerprint density at radius 3 is 3.11 bits per heavy atom. The average molecular weight is 292 g/mol. The maximum absolute atomic E-state index is 5.03. The molecule has 2 heteroatoms.